The molecule has 1 aromatic carbocycles. The Morgan fingerprint density at radius 3 is 2.58 bits per heavy atom. The molecular weight excluding hydrogens is 258 g/mol. The Labute approximate surface area is 116 Å². The number of nitrogens with two attached hydrogens (primary N) is 1. The van der Waals surface area contributed by atoms with E-state index in [-0.39, 0.29) is 5.91 Å². The number of hydrazine groups is 1. The van der Waals surface area contributed by atoms with Gasteiger partial charge in [0, 0.05) is 11.9 Å². The van der Waals surface area contributed by atoms with Gasteiger partial charge in [-0.2, -0.15) is 0 Å². The van der Waals surface area contributed by atoms with E-state index in [9.17, 15) is 4.79 Å². The van der Waals surface area contributed by atoms with Crippen LogP contribution in [-0.4, -0.2) is 10.9 Å². The molecule has 0 radical (unpaired) electrons. The molecule has 0 atom stereocenters. The lowest BCUT2D eigenvalue weighted by atomic mass is 10.1. The van der Waals surface area contributed by atoms with E-state index in [1.54, 1.807) is 18.0 Å². The molecule has 0 fully saturated rings. The van der Waals surface area contributed by atoms with E-state index in [0.717, 1.165) is 21.9 Å². The highest BCUT2D eigenvalue weighted by Gasteiger charge is 2.07. The molecule has 0 aliphatic carbocycles. The van der Waals surface area contributed by atoms with Crippen LogP contribution in [0.5, 0.6) is 0 Å². The maximum Gasteiger partial charge on any atom is 0.238 e. The molecule has 1 heterocycles. The van der Waals surface area contributed by atoms with Gasteiger partial charge in [0.05, 0.1) is 11.4 Å². The molecule has 2 aromatic rings. The lowest BCUT2D eigenvalue weighted by Crippen LogP contribution is -2.31. The number of amides is 1. The Balaban J connectivity index is 2.05. The van der Waals surface area contributed by atoms with Crippen molar-refractivity contribution in [2.75, 3.05) is 0 Å². The second kappa shape index (κ2) is 6.92. The van der Waals surface area contributed by atoms with E-state index in [1.807, 2.05) is 42.5 Å². The van der Waals surface area contributed by atoms with Crippen LogP contribution in [0.2, 0.25) is 0 Å². The van der Waals surface area contributed by atoms with Crippen LogP contribution in [-0.2, 0) is 17.0 Å². The third kappa shape index (κ3) is 4.08. The Hall–Kier alpha value is -1.85. The highest BCUT2D eigenvalue weighted by atomic mass is 32.2. The minimum absolute atomic E-state index is 0.185. The van der Waals surface area contributed by atoms with Crippen molar-refractivity contribution in [3.63, 3.8) is 0 Å². The number of carbonyl (C=O) groups is 1. The van der Waals surface area contributed by atoms with Crippen LogP contribution in [0.15, 0.2) is 53.7 Å². The molecule has 0 spiro atoms. The molecule has 5 heteroatoms. The second-order valence-corrected chi connectivity index (χ2v) is 4.97. The molecular formula is C14H15N3OS. The van der Waals surface area contributed by atoms with Crippen molar-refractivity contribution in [1.82, 2.24) is 10.4 Å². The van der Waals surface area contributed by atoms with Gasteiger partial charge in [-0.3, -0.25) is 10.2 Å². The van der Waals surface area contributed by atoms with E-state index >= 15 is 0 Å². The predicted octanol–water partition coefficient (Wildman–Crippen LogP) is 1.91. The molecule has 1 amide bonds. The molecule has 0 unspecified atom stereocenters. The van der Waals surface area contributed by atoms with Crippen molar-refractivity contribution in [3.05, 3.63) is 59.8 Å². The average Bonchev–Trinajstić information content (AvgIpc) is 2.47. The number of thioether (sulfide) groups is 1. The summed E-state index contributed by atoms with van der Waals surface area (Å²) in [7, 11) is 0. The maximum absolute atomic E-state index is 11.4. The molecule has 4 nitrogen and oxygen atoms in total. The fourth-order valence-corrected chi connectivity index (χ4v) is 2.57. The standard InChI is InChI=1S/C14H15N3OS/c15-17-13(18)9-11-5-1-2-6-12(11)10-19-14-7-3-4-8-16-14/h1-8H,9-10,15H2,(H,17,18). The summed E-state index contributed by atoms with van der Waals surface area (Å²) < 4.78 is 0. The van der Waals surface area contributed by atoms with Gasteiger partial charge in [-0.15, -0.1) is 11.8 Å². The number of pyridine rings is 1. The Morgan fingerprint density at radius 2 is 1.89 bits per heavy atom. The van der Waals surface area contributed by atoms with Crippen LogP contribution < -0.4 is 11.3 Å². The van der Waals surface area contributed by atoms with Crippen LogP contribution >= 0.6 is 11.8 Å². The first-order valence-electron chi connectivity index (χ1n) is 5.89. The Kier molecular flexibility index (Phi) is 4.94. The lowest BCUT2D eigenvalue weighted by Gasteiger charge is -2.08. The zero-order chi connectivity index (χ0) is 13.5. The number of rotatable bonds is 5. The summed E-state index contributed by atoms with van der Waals surface area (Å²) in [6.07, 6.45) is 2.07. The summed E-state index contributed by atoms with van der Waals surface area (Å²) in [5.74, 6) is 5.72. The second-order valence-electron chi connectivity index (χ2n) is 3.97. The highest BCUT2D eigenvalue weighted by molar-refractivity contribution is 7.98. The van der Waals surface area contributed by atoms with Crippen molar-refractivity contribution in [2.24, 2.45) is 5.84 Å². The molecule has 3 N–H and O–H groups in total. The molecule has 0 saturated heterocycles. The molecule has 0 bridgehead atoms. The van der Waals surface area contributed by atoms with Gasteiger partial charge in [0.25, 0.3) is 0 Å². The predicted molar refractivity (Wildman–Crippen MR) is 76.3 cm³/mol. The Morgan fingerprint density at radius 1 is 1.16 bits per heavy atom. The fraction of sp³-hybridized carbons (Fsp3) is 0.143. The van der Waals surface area contributed by atoms with Gasteiger partial charge < -0.3 is 0 Å². The quantitative estimate of drug-likeness (QED) is 0.378. The van der Waals surface area contributed by atoms with Crippen LogP contribution in [0.25, 0.3) is 0 Å². The molecule has 0 aliphatic rings. The number of aromatic nitrogens is 1. The van der Waals surface area contributed by atoms with Crippen molar-refractivity contribution >= 4 is 17.7 Å². The van der Waals surface area contributed by atoms with E-state index in [2.05, 4.69) is 10.4 Å². The number of nitrogens with one attached hydrogen (secondary N) is 1. The van der Waals surface area contributed by atoms with Gasteiger partial charge >= 0.3 is 0 Å². The number of carbonyl (C=O) groups excluding carboxylic acids is 1. The molecule has 0 saturated carbocycles. The van der Waals surface area contributed by atoms with Gasteiger partial charge in [-0.1, -0.05) is 30.3 Å². The minimum Gasteiger partial charge on any atom is -0.294 e. The van der Waals surface area contributed by atoms with Crippen molar-refractivity contribution in [1.29, 1.82) is 0 Å². The summed E-state index contributed by atoms with van der Waals surface area (Å²) in [5.41, 5.74) is 4.28. The van der Waals surface area contributed by atoms with Crippen LogP contribution in [0.1, 0.15) is 11.1 Å². The Bertz CT molecular complexity index is 545. The zero-order valence-corrected chi connectivity index (χ0v) is 11.2. The summed E-state index contributed by atoms with van der Waals surface area (Å²) in [5, 5.41) is 0.973. The van der Waals surface area contributed by atoms with E-state index < -0.39 is 0 Å². The number of hydrogen-bond donors (Lipinski definition) is 2. The fourth-order valence-electron chi connectivity index (χ4n) is 1.68. The van der Waals surface area contributed by atoms with Gasteiger partial charge in [0.2, 0.25) is 5.91 Å². The molecule has 0 aliphatic heterocycles. The summed E-state index contributed by atoms with van der Waals surface area (Å²) in [6, 6.07) is 13.7. The van der Waals surface area contributed by atoms with Crippen LogP contribution in [0.4, 0.5) is 0 Å². The summed E-state index contributed by atoms with van der Waals surface area (Å²) in [4.78, 5) is 15.6. The van der Waals surface area contributed by atoms with Gasteiger partial charge in [-0.25, -0.2) is 10.8 Å². The number of hydrogen-bond acceptors (Lipinski definition) is 4. The summed E-state index contributed by atoms with van der Waals surface area (Å²) in [6.45, 7) is 0. The number of benzene rings is 1. The van der Waals surface area contributed by atoms with Crippen molar-refractivity contribution < 1.29 is 4.79 Å². The monoisotopic (exact) mass is 273 g/mol. The first kappa shape index (κ1) is 13.6. The third-order valence-corrected chi connectivity index (χ3v) is 3.64. The van der Waals surface area contributed by atoms with Gasteiger partial charge in [0.15, 0.2) is 0 Å². The first-order valence-corrected chi connectivity index (χ1v) is 6.88. The molecule has 1 aromatic heterocycles. The van der Waals surface area contributed by atoms with Crippen LogP contribution in [0.3, 0.4) is 0 Å². The van der Waals surface area contributed by atoms with Gasteiger partial charge in [0.1, 0.15) is 0 Å². The van der Waals surface area contributed by atoms with Crippen molar-refractivity contribution in [3.8, 4) is 0 Å². The van der Waals surface area contributed by atoms with Gasteiger partial charge in [-0.05, 0) is 23.3 Å². The van der Waals surface area contributed by atoms with E-state index in [4.69, 9.17) is 5.84 Å². The zero-order valence-electron chi connectivity index (χ0n) is 10.4. The van der Waals surface area contributed by atoms with Crippen molar-refractivity contribution in [2.45, 2.75) is 17.2 Å². The third-order valence-electron chi connectivity index (χ3n) is 2.64. The smallest absolute Gasteiger partial charge is 0.238 e. The SMILES string of the molecule is NNC(=O)Cc1ccccc1CSc1ccccn1. The summed E-state index contributed by atoms with van der Waals surface area (Å²) >= 11 is 1.65. The number of nitrogens with zero attached hydrogens (tertiary/aromatic N) is 1. The van der Waals surface area contributed by atoms with E-state index in [0.29, 0.717) is 6.42 Å². The topological polar surface area (TPSA) is 68.0 Å². The van der Waals surface area contributed by atoms with Crippen LogP contribution in [0, 0.1) is 0 Å². The molecule has 19 heavy (non-hydrogen) atoms. The molecule has 2 rings (SSSR count). The highest BCUT2D eigenvalue weighted by Crippen LogP contribution is 2.22. The largest absolute Gasteiger partial charge is 0.294 e. The maximum atomic E-state index is 11.4. The lowest BCUT2D eigenvalue weighted by molar-refractivity contribution is -0.120. The molecule has 98 valence electrons. The normalized spacial score (nSPS) is 10.2. The van der Waals surface area contributed by atoms with E-state index in [1.165, 1.54) is 0 Å². The first-order chi connectivity index (χ1) is 9.29. The minimum atomic E-state index is -0.185. The average molecular weight is 273 g/mol.